The van der Waals surface area contributed by atoms with Crippen LogP contribution in [-0.2, 0) is 16.0 Å². The van der Waals surface area contributed by atoms with Gasteiger partial charge in [-0.3, -0.25) is 14.6 Å². The number of hydrogen-bond donors (Lipinski definition) is 2. The summed E-state index contributed by atoms with van der Waals surface area (Å²) in [6.07, 6.45) is 4.47. The number of nitrogens with zero attached hydrogens (tertiary/aromatic N) is 1. The molecule has 0 radical (unpaired) electrons. The molecule has 0 aliphatic carbocycles. The number of amides is 2. The van der Waals surface area contributed by atoms with E-state index in [2.05, 4.69) is 10.3 Å². The summed E-state index contributed by atoms with van der Waals surface area (Å²) in [5, 5.41) is 2.80. The van der Waals surface area contributed by atoms with Crippen LogP contribution in [0.3, 0.4) is 0 Å². The van der Waals surface area contributed by atoms with Crippen LogP contribution in [-0.4, -0.2) is 23.4 Å². The van der Waals surface area contributed by atoms with Crippen molar-refractivity contribution in [2.24, 2.45) is 5.73 Å². The van der Waals surface area contributed by atoms with Gasteiger partial charge in [-0.15, -0.1) is 0 Å². The highest BCUT2D eigenvalue weighted by molar-refractivity contribution is 5.90. The Balaban J connectivity index is 1.80. The molecule has 1 heterocycles. The van der Waals surface area contributed by atoms with Crippen molar-refractivity contribution in [1.82, 2.24) is 4.98 Å². The van der Waals surface area contributed by atoms with E-state index in [1.54, 1.807) is 36.7 Å². The van der Waals surface area contributed by atoms with Gasteiger partial charge in [0.15, 0.2) is 6.61 Å². The van der Waals surface area contributed by atoms with Crippen molar-refractivity contribution in [1.29, 1.82) is 0 Å². The number of nitrogens with one attached hydrogen (secondary N) is 1. The fraction of sp³-hybridized carbons (Fsp3) is 0.188. The maximum absolute atomic E-state index is 11.9. The molecule has 0 saturated carbocycles. The first kappa shape index (κ1) is 15.5. The standard InChI is InChI=1S/C16H17N3O3/c17-15(20)11-22-14-4-2-13(3-5-14)19-16(21)6-1-12-7-9-18-10-8-12/h2-5,7-10H,1,6,11H2,(H2,17,20)(H,19,21). The van der Waals surface area contributed by atoms with Gasteiger partial charge in [0.05, 0.1) is 0 Å². The van der Waals surface area contributed by atoms with E-state index in [-0.39, 0.29) is 12.5 Å². The minimum Gasteiger partial charge on any atom is -0.484 e. The van der Waals surface area contributed by atoms with E-state index in [4.69, 9.17) is 10.5 Å². The molecule has 0 aliphatic heterocycles. The number of anilines is 1. The number of nitrogens with two attached hydrogens (primary N) is 1. The highest BCUT2D eigenvalue weighted by Crippen LogP contribution is 2.16. The predicted molar refractivity (Wildman–Crippen MR) is 82.3 cm³/mol. The van der Waals surface area contributed by atoms with Crippen molar-refractivity contribution >= 4 is 17.5 Å². The minimum absolute atomic E-state index is 0.0670. The number of rotatable bonds is 7. The van der Waals surface area contributed by atoms with Gasteiger partial charge in [-0.2, -0.15) is 0 Å². The molecule has 0 atom stereocenters. The summed E-state index contributed by atoms with van der Waals surface area (Å²) < 4.78 is 5.14. The first-order chi connectivity index (χ1) is 10.6. The van der Waals surface area contributed by atoms with Gasteiger partial charge in [0.2, 0.25) is 5.91 Å². The van der Waals surface area contributed by atoms with E-state index in [0.29, 0.717) is 24.3 Å². The van der Waals surface area contributed by atoms with Crippen molar-refractivity contribution in [2.75, 3.05) is 11.9 Å². The number of hydrogen-bond acceptors (Lipinski definition) is 4. The van der Waals surface area contributed by atoms with Crippen molar-refractivity contribution in [3.8, 4) is 5.75 Å². The van der Waals surface area contributed by atoms with E-state index in [9.17, 15) is 9.59 Å². The van der Waals surface area contributed by atoms with Crippen LogP contribution in [0.1, 0.15) is 12.0 Å². The molecule has 0 bridgehead atoms. The molecule has 2 rings (SSSR count). The molecule has 1 aromatic carbocycles. The molecule has 2 amide bonds. The number of aromatic nitrogens is 1. The molecule has 6 heteroatoms. The normalized spacial score (nSPS) is 10.0. The summed E-state index contributed by atoms with van der Waals surface area (Å²) in [6.45, 7) is -0.169. The van der Waals surface area contributed by atoms with E-state index < -0.39 is 5.91 Å². The summed E-state index contributed by atoms with van der Waals surface area (Å²) in [7, 11) is 0. The molecule has 0 fully saturated rings. The third-order valence-corrected chi connectivity index (χ3v) is 2.91. The number of primary amides is 1. The number of pyridine rings is 1. The Morgan fingerprint density at radius 3 is 2.41 bits per heavy atom. The zero-order chi connectivity index (χ0) is 15.8. The Morgan fingerprint density at radius 1 is 1.09 bits per heavy atom. The largest absolute Gasteiger partial charge is 0.484 e. The lowest BCUT2D eigenvalue weighted by molar-refractivity contribution is -0.120. The second-order valence-corrected chi connectivity index (χ2v) is 4.68. The van der Waals surface area contributed by atoms with Crippen LogP contribution < -0.4 is 15.8 Å². The lowest BCUT2D eigenvalue weighted by Crippen LogP contribution is -2.20. The average Bonchev–Trinajstić information content (AvgIpc) is 2.53. The van der Waals surface area contributed by atoms with Gasteiger partial charge in [0.1, 0.15) is 5.75 Å². The molecule has 0 unspecified atom stereocenters. The quantitative estimate of drug-likeness (QED) is 0.810. The van der Waals surface area contributed by atoms with E-state index in [1.165, 1.54) is 0 Å². The molecule has 22 heavy (non-hydrogen) atoms. The van der Waals surface area contributed by atoms with Crippen molar-refractivity contribution in [2.45, 2.75) is 12.8 Å². The first-order valence-corrected chi connectivity index (χ1v) is 6.83. The van der Waals surface area contributed by atoms with E-state index in [0.717, 1.165) is 5.56 Å². The molecule has 3 N–H and O–H groups in total. The van der Waals surface area contributed by atoms with Crippen LogP contribution in [0.4, 0.5) is 5.69 Å². The predicted octanol–water partition coefficient (Wildman–Crippen LogP) is 1.52. The van der Waals surface area contributed by atoms with Crippen molar-refractivity contribution < 1.29 is 14.3 Å². The molecule has 1 aromatic heterocycles. The van der Waals surface area contributed by atoms with Gasteiger partial charge < -0.3 is 15.8 Å². The average molecular weight is 299 g/mol. The number of carbonyl (C=O) groups excluding carboxylic acids is 2. The van der Waals surface area contributed by atoms with Gasteiger partial charge in [0.25, 0.3) is 5.91 Å². The zero-order valence-electron chi connectivity index (χ0n) is 12.0. The zero-order valence-corrected chi connectivity index (χ0v) is 12.0. The van der Waals surface area contributed by atoms with Gasteiger partial charge in [0, 0.05) is 24.5 Å². The summed E-state index contributed by atoms with van der Waals surface area (Å²) in [4.78, 5) is 26.4. The van der Waals surface area contributed by atoms with Crippen LogP contribution in [0.2, 0.25) is 0 Å². The molecule has 0 saturated heterocycles. The van der Waals surface area contributed by atoms with Crippen molar-refractivity contribution in [3.63, 3.8) is 0 Å². The Labute approximate surface area is 128 Å². The smallest absolute Gasteiger partial charge is 0.255 e. The van der Waals surface area contributed by atoms with Crippen LogP contribution >= 0.6 is 0 Å². The third kappa shape index (κ3) is 5.24. The fourth-order valence-corrected chi connectivity index (χ4v) is 1.82. The van der Waals surface area contributed by atoms with Crippen LogP contribution in [0.25, 0.3) is 0 Å². The molecule has 6 nitrogen and oxygen atoms in total. The summed E-state index contributed by atoms with van der Waals surface area (Å²) >= 11 is 0. The topological polar surface area (TPSA) is 94.3 Å². The molecule has 0 spiro atoms. The van der Waals surface area contributed by atoms with Crippen LogP contribution in [0.5, 0.6) is 5.75 Å². The van der Waals surface area contributed by atoms with Gasteiger partial charge in [-0.1, -0.05) is 0 Å². The Bertz CT molecular complexity index is 627. The molecule has 0 aliphatic rings. The highest BCUT2D eigenvalue weighted by atomic mass is 16.5. The Morgan fingerprint density at radius 2 is 1.77 bits per heavy atom. The molecule has 2 aromatic rings. The number of aryl methyl sites for hydroxylation is 1. The molecular weight excluding hydrogens is 282 g/mol. The minimum atomic E-state index is -0.534. The molecule has 114 valence electrons. The van der Waals surface area contributed by atoms with Crippen molar-refractivity contribution in [3.05, 3.63) is 54.4 Å². The maximum Gasteiger partial charge on any atom is 0.255 e. The monoisotopic (exact) mass is 299 g/mol. The van der Waals surface area contributed by atoms with E-state index in [1.807, 2.05) is 12.1 Å². The Hall–Kier alpha value is -2.89. The van der Waals surface area contributed by atoms with Gasteiger partial charge >= 0.3 is 0 Å². The Kier molecular flexibility index (Phi) is 5.48. The summed E-state index contributed by atoms with van der Waals surface area (Å²) in [5.74, 6) is -0.0790. The second-order valence-electron chi connectivity index (χ2n) is 4.68. The summed E-state index contributed by atoms with van der Waals surface area (Å²) in [6, 6.07) is 10.5. The van der Waals surface area contributed by atoms with Crippen LogP contribution in [0.15, 0.2) is 48.8 Å². The van der Waals surface area contributed by atoms with Gasteiger partial charge in [-0.25, -0.2) is 0 Å². The number of benzene rings is 1. The van der Waals surface area contributed by atoms with E-state index >= 15 is 0 Å². The second kappa shape index (κ2) is 7.78. The molecular formula is C16H17N3O3. The maximum atomic E-state index is 11.9. The lowest BCUT2D eigenvalue weighted by atomic mass is 10.1. The number of ether oxygens (including phenoxy) is 1. The fourth-order valence-electron chi connectivity index (χ4n) is 1.82. The highest BCUT2D eigenvalue weighted by Gasteiger charge is 2.04. The first-order valence-electron chi connectivity index (χ1n) is 6.83. The summed E-state index contributed by atoms with van der Waals surface area (Å²) in [5.41, 5.74) is 6.73. The van der Waals surface area contributed by atoms with Crippen LogP contribution in [0, 0.1) is 0 Å². The number of carbonyl (C=O) groups is 2. The SMILES string of the molecule is NC(=O)COc1ccc(NC(=O)CCc2ccncc2)cc1. The third-order valence-electron chi connectivity index (χ3n) is 2.91. The van der Waals surface area contributed by atoms with Gasteiger partial charge in [-0.05, 0) is 48.4 Å². The lowest BCUT2D eigenvalue weighted by Gasteiger charge is -2.07.